The number of aryl methyl sites for hydroxylation is 1. The highest BCUT2D eigenvalue weighted by Crippen LogP contribution is 2.39. The summed E-state index contributed by atoms with van der Waals surface area (Å²) in [7, 11) is 1.74. The zero-order valence-electron chi connectivity index (χ0n) is 14.3. The molecule has 0 saturated carbocycles. The molecule has 1 heterocycles. The standard InChI is InChI=1S/C21H15F3N2S/c1-26-10-9-20(25-26)19-12-14(21(22,23)24)5-7-18(19)17-4-2-3-13-11-15(27)6-8-16(13)17/h2-12,27H,1H3. The molecule has 6 heteroatoms. The molecule has 4 aromatic rings. The Hall–Kier alpha value is -2.73. The number of alkyl halides is 3. The minimum Gasteiger partial charge on any atom is -0.275 e. The van der Waals surface area contributed by atoms with Crippen LogP contribution in [0.2, 0.25) is 0 Å². The summed E-state index contributed by atoms with van der Waals surface area (Å²) in [6.07, 6.45) is -2.70. The lowest BCUT2D eigenvalue weighted by Crippen LogP contribution is -2.05. The number of nitrogens with zero attached hydrogens (tertiary/aromatic N) is 2. The first-order chi connectivity index (χ1) is 12.8. The Kier molecular flexibility index (Phi) is 4.23. The van der Waals surface area contributed by atoms with Crippen molar-refractivity contribution >= 4 is 23.4 Å². The fourth-order valence-corrected chi connectivity index (χ4v) is 3.45. The molecule has 0 aliphatic carbocycles. The summed E-state index contributed by atoms with van der Waals surface area (Å²) in [5.41, 5.74) is 1.83. The molecule has 0 radical (unpaired) electrons. The van der Waals surface area contributed by atoms with Gasteiger partial charge in [-0.25, -0.2) is 0 Å². The second kappa shape index (κ2) is 6.46. The van der Waals surface area contributed by atoms with Gasteiger partial charge in [0.05, 0.1) is 11.3 Å². The zero-order valence-corrected chi connectivity index (χ0v) is 15.2. The predicted octanol–water partition coefficient (Wildman–Crippen LogP) is 6.21. The molecule has 0 unspecified atom stereocenters. The van der Waals surface area contributed by atoms with Gasteiger partial charge in [0.1, 0.15) is 0 Å². The lowest BCUT2D eigenvalue weighted by molar-refractivity contribution is -0.137. The Bertz CT molecular complexity index is 1150. The van der Waals surface area contributed by atoms with Crippen LogP contribution in [0.1, 0.15) is 5.56 Å². The van der Waals surface area contributed by atoms with Crippen LogP contribution >= 0.6 is 12.6 Å². The second-order valence-electron chi connectivity index (χ2n) is 6.34. The molecule has 0 N–H and O–H groups in total. The lowest BCUT2D eigenvalue weighted by atomic mass is 9.92. The van der Waals surface area contributed by atoms with E-state index in [0.717, 1.165) is 27.3 Å². The van der Waals surface area contributed by atoms with Crippen molar-refractivity contribution in [3.63, 3.8) is 0 Å². The van der Waals surface area contributed by atoms with Gasteiger partial charge < -0.3 is 0 Å². The topological polar surface area (TPSA) is 17.8 Å². The summed E-state index contributed by atoms with van der Waals surface area (Å²) >= 11 is 4.37. The lowest BCUT2D eigenvalue weighted by Gasteiger charge is -2.14. The fraction of sp³-hybridized carbons (Fsp3) is 0.0952. The summed E-state index contributed by atoms with van der Waals surface area (Å²) in [5, 5.41) is 6.25. The molecule has 0 spiro atoms. The number of benzene rings is 3. The number of rotatable bonds is 2. The van der Waals surface area contributed by atoms with Gasteiger partial charge in [0.2, 0.25) is 0 Å². The molecule has 0 fully saturated rings. The van der Waals surface area contributed by atoms with Crippen LogP contribution in [0.25, 0.3) is 33.2 Å². The molecule has 0 amide bonds. The van der Waals surface area contributed by atoms with E-state index in [-0.39, 0.29) is 0 Å². The maximum absolute atomic E-state index is 13.3. The number of halogens is 3. The highest BCUT2D eigenvalue weighted by molar-refractivity contribution is 7.80. The van der Waals surface area contributed by atoms with Crippen LogP contribution in [0, 0.1) is 0 Å². The van der Waals surface area contributed by atoms with Crippen molar-refractivity contribution in [3.8, 4) is 22.4 Å². The van der Waals surface area contributed by atoms with Crippen LogP contribution in [-0.2, 0) is 13.2 Å². The minimum atomic E-state index is -4.41. The van der Waals surface area contributed by atoms with Gasteiger partial charge in [-0.1, -0.05) is 30.3 Å². The molecule has 3 aromatic carbocycles. The molecule has 2 nitrogen and oxygen atoms in total. The van der Waals surface area contributed by atoms with Gasteiger partial charge >= 0.3 is 6.18 Å². The van der Waals surface area contributed by atoms with Gasteiger partial charge in [0.25, 0.3) is 0 Å². The van der Waals surface area contributed by atoms with E-state index in [1.165, 1.54) is 12.1 Å². The van der Waals surface area contributed by atoms with E-state index in [9.17, 15) is 13.2 Å². The monoisotopic (exact) mass is 384 g/mol. The number of aromatic nitrogens is 2. The number of thiol groups is 1. The smallest absolute Gasteiger partial charge is 0.275 e. The fourth-order valence-electron chi connectivity index (χ4n) is 3.23. The summed E-state index contributed by atoms with van der Waals surface area (Å²) in [4.78, 5) is 0.831. The van der Waals surface area contributed by atoms with Crippen LogP contribution in [0.5, 0.6) is 0 Å². The van der Waals surface area contributed by atoms with Gasteiger partial charge in [-0.2, -0.15) is 18.3 Å². The normalized spacial score (nSPS) is 11.9. The molecule has 0 saturated heterocycles. The van der Waals surface area contributed by atoms with Crippen molar-refractivity contribution in [1.82, 2.24) is 9.78 Å². The maximum Gasteiger partial charge on any atom is 0.416 e. The molecule has 4 rings (SSSR count). The van der Waals surface area contributed by atoms with Crippen LogP contribution in [0.4, 0.5) is 13.2 Å². The predicted molar refractivity (Wildman–Crippen MR) is 104 cm³/mol. The van der Waals surface area contributed by atoms with Gasteiger partial charge in [-0.15, -0.1) is 12.6 Å². The quantitative estimate of drug-likeness (QED) is 0.407. The minimum absolute atomic E-state index is 0.452. The third-order valence-electron chi connectivity index (χ3n) is 4.49. The van der Waals surface area contributed by atoms with E-state index in [1.54, 1.807) is 24.0 Å². The third-order valence-corrected chi connectivity index (χ3v) is 4.77. The summed E-state index contributed by atoms with van der Waals surface area (Å²) in [6, 6.07) is 17.0. The first kappa shape index (κ1) is 17.7. The SMILES string of the molecule is Cn1ccc(-c2cc(C(F)(F)F)ccc2-c2cccc3cc(S)ccc23)n1. The molecular formula is C21H15F3N2S. The first-order valence-electron chi connectivity index (χ1n) is 8.26. The van der Waals surface area contributed by atoms with E-state index in [4.69, 9.17) is 0 Å². The Morgan fingerprint density at radius 2 is 1.70 bits per heavy atom. The van der Waals surface area contributed by atoms with Crippen LogP contribution in [0.15, 0.2) is 71.8 Å². The van der Waals surface area contributed by atoms with Gasteiger partial charge in [0.15, 0.2) is 0 Å². The van der Waals surface area contributed by atoms with Crippen molar-refractivity contribution in [2.45, 2.75) is 11.1 Å². The average molecular weight is 384 g/mol. The van der Waals surface area contributed by atoms with Gasteiger partial charge in [0, 0.05) is 23.7 Å². The molecule has 0 aliphatic rings. The molecular weight excluding hydrogens is 369 g/mol. The van der Waals surface area contributed by atoms with Crippen molar-refractivity contribution in [1.29, 1.82) is 0 Å². The summed E-state index contributed by atoms with van der Waals surface area (Å²) in [6.45, 7) is 0. The van der Waals surface area contributed by atoms with Gasteiger partial charge in [-0.3, -0.25) is 4.68 Å². The second-order valence-corrected chi connectivity index (χ2v) is 6.86. The Labute approximate surface area is 159 Å². The van der Waals surface area contributed by atoms with Gasteiger partial charge in [-0.05, 0) is 52.2 Å². The zero-order chi connectivity index (χ0) is 19.2. The van der Waals surface area contributed by atoms with Crippen molar-refractivity contribution < 1.29 is 13.2 Å². The molecule has 27 heavy (non-hydrogen) atoms. The largest absolute Gasteiger partial charge is 0.416 e. The van der Waals surface area contributed by atoms with Crippen LogP contribution < -0.4 is 0 Å². The van der Waals surface area contributed by atoms with E-state index < -0.39 is 11.7 Å². The summed E-state index contributed by atoms with van der Waals surface area (Å²) < 4.78 is 41.4. The van der Waals surface area contributed by atoms with Crippen molar-refractivity contribution in [3.05, 3.63) is 72.4 Å². The molecule has 0 atom stereocenters. The first-order valence-corrected chi connectivity index (χ1v) is 8.71. The van der Waals surface area contributed by atoms with E-state index >= 15 is 0 Å². The highest BCUT2D eigenvalue weighted by atomic mass is 32.1. The Morgan fingerprint density at radius 3 is 2.41 bits per heavy atom. The number of hydrogen-bond acceptors (Lipinski definition) is 2. The molecule has 0 bridgehead atoms. The molecule has 0 aliphatic heterocycles. The van der Waals surface area contributed by atoms with E-state index in [0.29, 0.717) is 16.8 Å². The summed E-state index contributed by atoms with van der Waals surface area (Å²) in [5.74, 6) is 0. The van der Waals surface area contributed by atoms with E-state index in [1.807, 2.05) is 36.4 Å². The van der Waals surface area contributed by atoms with E-state index in [2.05, 4.69) is 17.7 Å². The maximum atomic E-state index is 13.3. The number of fused-ring (bicyclic) bond motifs is 1. The highest BCUT2D eigenvalue weighted by Gasteiger charge is 2.31. The van der Waals surface area contributed by atoms with Crippen LogP contribution in [0.3, 0.4) is 0 Å². The van der Waals surface area contributed by atoms with Crippen LogP contribution in [-0.4, -0.2) is 9.78 Å². The van der Waals surface area contributed by atoms with Crippen molar-refractivity contribution in [2.24, 2.45) is 7.05 Å². The van der Waals surface area contributed by atoms with Crippen molar-refractivity contribution in [2.75, 3.05) is 0 Å². The molecule has 1 aromatic heterocycles. The molecule has 136 valence electrons. The Morgan fingerprint density at radius 1 is 0.889 bits per heavy atom. The number of hydrogen-bond donors (Lipinski definition) is 1. The Balaban J connectivity index is 2.01. The third kappa shape index (κ3) is 3.32. The average Bonchev–Trinajstić information content (AvgIpc) is 3.06.